The Bertz CT molecular complexity index is 992. The van der Waals surface area contributed by atoms with Gasteiger partial charge < -0.3 is 36.8 Å². The highest BCUT2D eigenvalue weighted by atomic mass is 32.2. The SMILES string of the molecule is CCCCCC(O)/C=C/[C@H]1C(SC[C@H](NC(=O)CC[C@H](N)C(=O)O)C(=O)NCC(=O)O)CC(=O)C1CCCCCCC(=O)O. The van der Waals surface area contributed by atoms with Gasteiger partial charge in [-0.3, -0.25) is 28.8 Å². The van der Waals surface area contributed by atoms with Crippen LogP contribution in [0.2, 0.25) is 0 Å². The van der Waals surface area contributed by atoms with Crippen LogP contribution in [0.5, 0.6) is 0 Å². The molecule has 0 heterocycles. The molecule has 0 saturated heterocycles. The van der Waals surface area contributed by atoms with Crippen molar-refractivity contribution in [3.05, 3.63) is 12.2 Å². The number of carboxylic acid groups (broad SMARTS) is 3. The third-order valence-electron chi connectivity index (χ3n) is 7.57. The zero-order valence-corrected chi connectivity index (χ0v) is 26.3. The summed E-state index contributed by atoms with van der Waals surface area (Å²) in [5.41, 5.74) is 5.47. The summed E-state index contributed by atoms with van der Waals surface area (Å²) in [5.74, 6) is -5.17. The van der Waals surface area contributed by atoms with Gasteiger partial charge in [-0.1, -0.05) is 57.6 Å². The van der Waals surface area contributed by atoms with Crippen LogP contribution in [0.1, 0.15) is 90.4 Å². The van der Waals surface area contributed by atoms with E-state index in [4.69, 9.17) is 21.1 Å². The standard InChI is InChI=1S/C30H49N3O10S/c1-2-3-6-9-19(34)12-13-21-20(10-7-4-5-8-11-27(37)38)24(35)16-25(21)44-18-23(29(41)32-17-28(39)40)33-26(36)15-14-22(31)30(42)43/h12-13,19-23,25,34H,2-11,14-18,31H2,1H3,(H,32,41)(H,33,36)(H,37,38)(H,39,40)(H,42,43)/b13-12+/t19?,20?,21-,22+,23+,25?/m1/s1. The number of nitrogens with one attached hydrogen (secondary N) is 2. The molecule has 3 unspecified atom stereocenters. The first kappa shape index (κ1) is 39.1. The number of hydrogen-bond donors (Lipinski definition) is 7. The molecule has 44 heavy (non-hydrogen) atoms. The molecule has 1 aliphatic carbocycles. The number of rotatable bonds is 24. The Morgan fingerprint density at radius 2 is 1.68 bits per heavy atom. The van der Waals surface area contributed by atoms with Gasteiger partial charge in [0.15, 0.2) is 0 Å². The van der Waals surface area contributed by atoms with Crippen LogP contribution < -0.4 is 16.4 Å². The molecule has 0 radical (unpaired) electrons. The molecule has 1 aliphatic rings. The van der Waals surface area contributed by atoms with E-state index in [1.165, 1.54) is 11.8 Å². The van der Waals surface area contributed by atoms with Crippen molar-refractivity contribution in [2.45, 2.75) is 114 Å². The lowest BCUT2D eigenvalue weighted by atomic mass is 9.89. The Kier molecular flexibility index (Phi) is 19.2. The second-order valence-corrected chi connectivity index (χ2v) is 12.5. The number of aliphatic carboxylic acids is 3. The van der Waals surface area contributed by atoms with Crippen LogP contribution in [-0.2, 0) is 28.8 Å². The van der Waals surface area contributed by atoms with Gasteiger partial charge in [-0.05, 0) is 31.6 Å². The number of carboxylic acids is 3. The van der Waals surface area contributed by atoms with E-state index < -0.39 is 54.5 Å². The van der Waals surface area contributed by atoms with Crippen LogP contribution >= 0.6 is 11.8 Å². The third kappa shape index (κ3) is 16.2. The second-order valence-electron chi connectivity index (χ2n) is 11.2. The first-order valence-corrected chi connectivity index (χ1v) is 16.4. The van der Waals surface area contributed by atoms with Gasteiger partial charge in [0, 0.05) is 36.2 Å². The van der Waals surface area contributed by atoms with Gasteiger partial charge in [-0.15, -0.1) is 0 Å². The van der Waals surface area contributed by atoms with E-state index in [1.807, 2.05) is 6.08 Å². The monoisotopic (exact) mass is 643 g/mol. The largest absolute Gasteiger partial charge is 0.481 e. The average Bonchev–Trinajstić information content (AvgIpc) is 3.26. The predicted octanol–water partition coefficient (Wildman–Crippen LogP) is 2.09. The van der Waals surface area contributed by atoms with Gasteiger partial charge in [0.05, 0.1) is 6.10 Å². The van der Waals surface area contributed by atoms with Gasteiger partial charge in [0.1, 0.15) is 24.4 Å². The van der Waals surface area contributed by atoms with Gasteiger partial charge in [-0.25, -0.2) is 0 Å². The zero-order valence-electron chi connectivity index (χ0n) is 25.4. The number of nitrogens with two attached hydrogens (primary N) is 1. The number of carbonyl (C=O) groups excluding carboxylic acids is 3. The maximum atomic E-state index is 13.1. The number of aliphatic hydroxyl groups excluding tert-OH is 1. The molecule has 1 saturated carbocycles. The Hall–Kier alpha value is -2.97. The number of thioether (sulfide) groups is 1. The van der Waals surface area contributed by atoms with E-state index >= 15 is 0 Å². The van der Waals surface area contributed by atoms with Crippen molar-refractivity contribution < 1.29 is 49.2 Å². The fourth-order valence-electron chi connectivity index (χ4n) is 5.06. The lowest BCUT2D eigenvalue weighted by Crippen LogP contribution is -2.49. The molecule has 0 aromatic carbocycles. The van der Waals surface area contributed by atoms with Gasteiger partial charge in [-0.2, -0.15) is 11.8 Å². The Morgan fingerprint density at radius 1 is 0.977 bits per heavy atom. The Balaban J connectivity index is 2.99. The van der Waals surface area contributed by atoms with Crippen molar-refractivity contribution in [3.63, 3.8) is 0 Å². The zero-order chi connectivity index (χ0) is 33.1. The first-order chi connectivity index (χ1) is 20.8. The minimum Gasteiger partial charge on any atom is -0.481 e. The minimum atomic E-state index is -1.27. The quantitative estimate of drug-likeness (QED) is 0.0592. The van der Waals surface area contributed by atoms with E-state index in [2.05, 4.69) is 17.6 Å². The van der Waals surface area contributed by atoms with Crippen molar-refractivity contribution in [1.82, 2.24) is 10.6 Å². The van der Waals surface area contributed by atoms with E-state index in [0.29, 0.717) is 19.3 Å². The van der Waals surface area contributed by atoms with Gasteiger partial charge in [0.2, 0.25) is 11.8 Å². The van der Waals surface area contributed by atoms with E-state index in [-0.39, 0.29) is 54.3 Å². The van der Waals surface area contributed by atoms with E-state index in [0.717, 1.165) is 38.5 Å². The van der Waals surface area contributed by atoms with Crippen molar-refractivity contribution >= 4 is 47.3 Å². The third-order valence-corrected chi connectivity index (χ3v) is 9.00. The summed E-state index contributed by atoms with van der Waals surface area (Å²) in [6, 6.07) is -2.39. The lowest BCUT2D eigenvalue weighted by Gasteiger charge is -2.24. The molecular weight excluding hydrogens is 594 g/mol. The molecule has 0 spiro atoms. The highest BCUT2D eigenvalue weighted by Crippen LogP contribution is 2.41. The first-order valence-electron chi connectivity index (χ1n) is 15.3. The molecule has 6 atom stereocenters. The molecule has 0 aliphatic heterocycles. The molecular formula is C30H49N3O10S. The maximum absolute atomic E-state index is 13.1. The van der Waals surface area contributed by atoms with Crippen LogP contribution in [0, 0.1) is 11.8 Å². The average molecular weight is 644 g/mol. The van der Waals surface area contributed by atoms with Crippen molar-refractivity contribution in [1.29, 1.82) is 0 Å². The molecule has 1 fully saturated rings. The molecule has 1 rings (SSSR count). The smallest absolute Gasteiger partial charge is 0.322 e. The lowest BCUT2D eigenvalue weighted by molar-refractivity contribution is -0.139. The number of allylic oxidation sites excluding steroid dienone is 1. The molecule has 250 valence electrons. The number of aliphatic hydroxyl groups is 1. The number of unbranched alkanes of at least 4 members (excludes halogenated alkanes) is 5. The summed E-state index contributed by atoms with van der Waals surface area (Å²) in [6.07, 6.45) is 9.78. The highest BCUT2D eigenvalue weighted by Gasteiger charge is 2.41. The number of hydrogen-bond acceptors (Lipinski definition) is 9. The fourth-order valence-corrected chi connectivity index (χ4v) is 6.52. The van der Waals surface area contributed by atoms with E-state index in [9.17, 15) is 33.9 Å². The summed E-state index contributed by atoms with van der Waals surface area (Å²) >= 11 is 1.30. The molecule has 0 bridgehead atoms. The molecule has 13 nitrogen and oxygen atoms in total. The van der Waals surface area contributed by atoms with Gasteiger partial charge >= 0.3 is 17.9 Å². The minimum absolute atomic E-state index is 0.0332. The summed E-state index contributed by atoms with van der Waals surface area (Å²) in [6.45, 7) is 1.42. The number of amides is 2. The number of ketones is 1. The van der Waals surface area contributed by atoms with Crippen LogP contribution in [0.25, 0.3) is 0 Å². The predicted molar refractivity (Wildman–Crippen MR) is 165 cm³/mol. The Morgan fingerprint density at radius 3 is 2.32 bits per heavy atom. The van der Waals surface area contributed by atoms with Crippen LogP contribution in [0.3, 0.4) is 0 Å². The van der Waals surface area contributed by atoms with Crippen LogP contribution in [0.4, 0.5) is 0 Å². The topological polar surface area (TPSA) is 233 Å². The molecule has 0 aromatic rings. The normalized spacial score (nSPS) is 20.2. The summed E-state index contributed by atoms with van der Waals surface area (Å²) in [7, 11) is 0. The van der Waals surface area contributed by atoms with Crippen LogP contribution in [-0.4, -0.2) is 91.7 Å². The van der Waals surface area contributed by atoms with Crippen molar-refractivity contribution in [2.24, 2.45) is 17.6 Å². The number of Topliss-reactive ketones (excluding diaryl/α,β-unsaturated/α-hetero) is 1. The second kappa shape index (κ2) is 21.7. The Labute approximate surface area is 262 Å². The molecule has 8 N–H and O–H groups in total. The molecule has 0 aromatic heterocycles. The van der Waals surface area contributed by atoms with Crippen molar-refractivity contribution in [2.75, 3.05) is 12.3 Å². The maximum Gasteiger partial charge on any atom is 0.322 e. The van der Waals surface area contributed by atoms with E-state index in [1.54, 1.807) is 6.08 Å². The molecule has 14 heteroatoms. The van der Waals surface area contributed by atoms with Crippen LogP contribution in [0.15, 0.2) is 12.2 Å². The van der Waals surface area contributed by atoms with Gasteiger partial charge in [0.25, 0.3) is 0 Å². The summed E-state index contributed by atoms with van der Waals surface area (Å²) < 4.78 is 0. The number of carbonyl (C=O) groups is 6. The fraction of sp³-hybridized carbons (Fsp3) is 0.733. The summed E-state index contributed by atoms with van der Waals surface area (Å²) in [4.78, 5) is 71.1. The summed E-state index contributed by atoms with van der Waals surface area (Å²) in [5, 5.41) is 41.8. The van der Waals surface area contributed by atoms with Crippen molar-refractivity contribution in [3.8, 4) is 0 Å². The molecule has 2 amide bonds. The highest BCUT2D eigenvalue weighted by molar-refractivity contribution is 8.00.